The molecule has 0 atom stereocenters. The van der Waals surface area contributed by atoms with Crippen LogP contribution in [0.5, 0.6) is 5.75 Å². The Bertz CT molecular complexity index is 476. The SMILES string of the molecule is COCCOc1ccc(NC(=O)C2CCNCC2)cc1F. The quantitative estimate of drug-likeness (QED) is 0.786. The second kappa shape index (κ2) is 7.95. The molecule has 1 saturated heterocycles. The van der Waals surface area contributed by atoms with Crippen molar-refractivity contribution in [2.45, 2.75) is 12.8 Å². The van der Waals surface area contributed by atoms with Gasteiger partial charge in [0.15, 0.2) is 11.6 Å². The standard InChI is InChI=1S/C15H21FN2O3/c1-20-8-9-21-14-3-2-12(10-13(14)16)18-15(19)11-4-6-17-7-5-11/h2-3,10-11,17H,4-9H2,1H3,(H,18,19). The van der Waals surface area contributed by atoms with Crippen LogP contribution in [0.3, 0.4) is 0 Å². The second-order valence-corrected chi connectivity index (χ2v) is 5.00. The highest BCUT2D eigenvalue weighted by Gasteiger charge is 2.21. The maximum absolute atomic E-state index is 13.8. The van der Waals surface area contributed by atoms with Gasteiger partial charge < -0.3 is 20.1 Å². The van der Waals surface area contributed by atoms with Gasteiger partial charge in [-0.3, -0.25) is 4.79 Å². The number of carbonyl (C=O) groups excluding carboxylic acids is 1. The number of piperidine rings is 1. The number of nitrogens with one attached hydrogen (secondary N) is 2. The van der Waals surface area contributed by atoms with Crippen LogP contribution in [-0.2, 0) is 9.53 Å². The first kappa shape index (κ1) is 15.7. The van der Waals surface area contributed by atoms with Crippen molar-refractivity contribution >= 4 is 11.6 Å². The van der Waals surface area contributed by atoms with Gasteiger partial charge in [-0.1, -0.05) is 0 Å². The van der Waals surface area contributed by atoms with E-state index < -0.39 is 5.82 Å². The minimum Gasteiger partial charge on any atom is -0.488 e. The van der Waals surface area contributed by atoms with Crippen LogP contribution < -0.4 is 15.4 Å². The number of benzene rings is 1. The van der Waals surface area contributed by atoms with Crippen LogP contribution in [-0.4, -0.2) is 39.3 Å². The molecule has 21 heavy (non-hydrogen) atoms. The predicted octanol–water partition coefficient (Wildman–Crippen LogP) is 1.79. The van der Waals surface area contributed by atoms with Crippen LogP contribution in [0.1, 0.15) is 12.8 Å². The van der Waals surface area contributed by atoms with Gasteiger partial charge in [-0.25, -0.2) is 4.39 Å². The third-order valence-electron chi connectivity index (χ3n) is 3.45. The van der Waals surface area contributed by atoms with Crippen molar-refractivity contribution in [3.8, 4) is 5.75 Å². The van der Waals surface area contributed by atoms with Crippen molar-refractivity contribution < 1.29 is 18.7 Å². The number of ether oxygens (including phenoxy) is 2. The molecular weight excluding hydrogens is 275 g/mol. The first-order chi connectivity index (χ1) is 10.2. The Labute approximate surface area is 123 Å². The van der Waals surface area contributed by atoms with E-state index in [2.05, 4.69) is 10.6 Å². The Balaban J connectivity index is 1.91. The molecule has 0 unspecified atom stereocenters. The number of halogens is 1. The Morgan fingerprint density at radius 3 is 2.81 bits per heavy atom. The third-order valence-corrected chi connectivity index (χ3v) is 3.45. The van der Waals surface area contributed by atoms with Crippen LogP contribution in [0.25, 0.3) is 0 Å². The summed E-state index contributed by atoms with van der Waals surface area (Å²) < 4.78 is 23.9. The summed E-state index contributed by atoms with van der Waals surface area (Å²) in [6.45, 7) is 2.37. The van der Waals surface area contributed by atoms with E-state index in [-0.39, 0.29) is 24.2 Å². The molecule has 1 amide bonds. The zero-order valence-electron chi connectivity index (χ0n) is 12.2. The zero-order chi connectivity index (χ0) is 15.1. The summed E-state index contributed by atoms with van der Waals surface area (Å²) in [7, 11) is 1.55. The summed E-state index contributed by atoms with van der Waals surface area (Å²) in [5.74, 6) is -0.392. The summed E-state index contributed by atoms with van der Waals surface area (Å²) in [5.41, 5.74) is 0.454. The molecule has 1 aromatic carbocycles. The van der Waals surface area contributed by atoms with Crippen LogP contribution >= 0.6 is 0 Å². The number of hydrogen-bond donors (Lipinski definition) is 2. The van der Waals surface area contributed by atoms with Gasteiger partial charge in [0.2, 0.25) is 5.91 Å². The number of amides is 1. The van der Waals surface area contributed by atoms with E-state index in [1.54, 1.807) is 13.2 Å². The smallest absolute Gasteiger partial charge is 0.227 e. The fourth-order valence-corrected chi connectivity index (χ4v) is 2.26. The highest BCUT2D eigenvalue weighted by atomic mass is 19.1. The molecule has 0 spiro atoms. The summed E-state index contributed by atoms with van der Waals surface area (Å²) >= 11 is 0. The summed E-state index contributed by atoms with van der Waals surface area (Å²) in [6.07, 6.45) is 1.62. The van der Waals surface area contributed by atoms with Crippen LogP contribution in [0.15, 0.2) is 18.2 Å². The molecule has 5 nitrogen and oxygen atoms in total. The molecular formula is C15H21FN2O3. The van der Waals surface area contributed by atoms with E-state index in [1.807, 2.05) is 0 Å². The highest BCUT2D eigenvalue weighted by Crippen LogP contribution is 2.22. The number of rotatable bonds is 6. The highest BCUT2D eigenvalue weighted by molar-refractivity contribution is 5.92. The van der Waals surface area contributed by atoms with E-state index in [9.17, 15) is 9.18 Å². The van der Waals surface area contributed by atoms with Gasteiger partial charge in [-0.15, -0.1) is 0 Å². The first-order valence-electron chi connectivity index (χ1n) is 7.13. The van der Waals surface area contributed by atoms with Crippen molar-refractivity contribution in [2.75, 3.05) is 38.7 Å². The predicted molar refractivity (Wildman–Crippen MR) is 78.0 cm³/mol. The normalized spacial score (nSPS) is 15.7. The lowest BCUT2D eigenvalue weighted by atomic mass is 9.97. The maximum Gasteiger partial charge on any atom is 0.227 e. The second-order valence-electron chi connectivity index (χ2n) is 5.00. The van der Waals surface area contributed by atoms with Crippen LogP contribution in [0.2, 0.25) is 0 Å². The molecule has 0 radical (unpaired) electrons. The lowest BCUT2D eigenvalue weighted by Gasteiger charge is -2.21. The van der Waals surface area contributed by atoms with Crippen molar-refractivity contribution in [1.82, 2.24) is 5.32 Å². The Morgan fingerprint density at radius 2 is 2.14 bits per heavy atom. The summed E-state index contributed by atoms with van der Waals surface area (Å²) in [4.78, 5) is 12.1. The molecule has 1 aromatic rings. The van der Waals surface area contributed by atoms with Gasteiger partial charge in [0, 0.05) is 24.8 Å². The average molecular weight is 296 g/mol. The fourth-order valence-electron chi connectivity index (χ4n) is 2.26. The topological polar surface area (TPSA) is 59.6 Å². The Kier molecular flexibility index (Phi) is 5.95. The van der Waals surface area contributed by atoms with E-state index >= 15 is 0 Å². The number of anilines is 1. The zero-order valence-corrected chi connectivity index (χ0v) is 12.2. The molecule has 0 saturated carbocycles. The molecule has 1 fully saturated rings. The fraction of sp³-hybridized carbons (Fsp3) is 0.533. The number of hydrogen-bond acceptors (Lipinski definition) is 4. The van der Waals surface area contributed by atoms with Crippen molar-refractivity contribution in [3.63, 3.8) is 0 Å². The van der Waals surface area contributed by atoms with Gasteiger partial charge >= 0.3 is 0 Å². The van der Waals surface area contributed by atoms with Crippen molar-refractivity contribution in [3.05, 3.63) is 24.0 Å². The molecule has 1 aliphatic heterocycles. The average Bonchev–Trinajstić information content (AvgIpc) is 2.50. The lowest BCUT2D eigenvalue weighted by Crippen LogP contribution is -2.34. The molecule has 116 valence electrons. The van der Waals surface area contributed by atoms with E-state index in [0.29, 0.717) is 12.3 Å². The molecule has 1 aliphatic rings. The minimum absolute atomic E-state index is 0.00746. The first-order valence-corrected chi connectivity index (χ1v) is 7.13. The van der Waals surface area contributed by atoms with Crippen molar-refractivity contribution in [1.29, 1.82) is 0 Å². The van der Waals surface area contributed by atoms with Crippen molar-refractivity contribution in [2.24, 2.45) is 5.92 Å². The van der Waals surface area contributed by atoms with Gasteiger partial charge in [-0.05, 0) is 38.1 Å². The molecule has 0 aromatic heterocycles. The minimum atomic E-state index is -0.491. The molecule has 6 heteroatoms. The molecule has 2 N–H and O–H groups in total. The molecule has 0 aliphatic carbocycles. The van der Waals surface area contributed by atoms with E-state index in [1.165, 1.54) is 12.1 Å². The Morgan fingerprint density at radius 1 is 1.38 bits per heavy atom. The summed E-state index contributed by atoms with van der Waals surface area (Å²) in [5, 5.41) is 5.97. The number of carbonyl (C=O) groups is 1. The summed E-state index contributed by atoms with van der Waals surface area (Å²) in [6, 6.07) is 4.44. The van der Waals surface area contributed by atoms with Gasteiger partial charge in [0.1, 0.15) is 6.61 Å². The number of methoxy groups -OCH3 is 1. The van der Waals surface area contributed by atoms with Gasteiger partial charge in [0.05, 0.1) is 6.61 Å². The largest absolute Gasteiger partial charge is 0.488 e. The van der Waals surface area contributed by atoms with Crippen LogP contribution in [0.4, 0.5) is 10.1 Å². The van der Waals surface area contributed by atoms with E-state index in [0.717, 1.165) is 25.9 Å². The van der Waals surface area contributed by atoms with Crippen LogP contribution in [0, 0.1) is 11.7 Å². The molecule has 1 heterocycles. The van der Waals surface area contributed by atoms with E-state index in [4.69, 9.17) is 9.47 Å². The third kappa shape index (κ3) is 4.68. The monoisotopic (exact) mass is 296 g/mol. The Hall–Kier alpha value is -1.66. The molecule has 2 rings (SSSR count). The van der Waals surface area contributed by atoms with Gasteiger partial charge in [0.25, 0.3) is 0 Å². The molecule has 0 bridgehead atoms. The maximum atomic E-state index is 13.8. The lowest BCUT2D eigenvalue weighted by molar-refractivity contribution is -0.120. The van der Waals surface area contributed by atoms with Gasteiger partial charge in [-0.2, -0.15) is 0 Å².